The third-order valence-electron chi connectivity index (χ3n) is 2.89. The molecule has 0 saturated heterocycles. The van der Waals surface area contributed by atoms with E-state index in [1.807, 2.05) is 48.5 Å². The number of aromatic amines is 1. The molecule has 1 heterocycles. The molecule has 0 bridgehead atoms. The normalized spacial score (nSPS) is 10.7. The molecule has 5 nitrogen and oxygen atoms in total. The molecule has 0 aliphatic heterocycles. The highest BCUT2D eigenvalue weighted by molar-refractivity contribution is 5.78. The van der Waals surface area contributed by atoms with Crippen LogP contribution < -0.4 is 15.8 Å². The van der Waals surface area contributed by atoms with Crippen LogP contribution in [0.15, 0.2) is 48.5 Å². The Morgan fingerprint density at radius 3 is 2.65 bits per heavy atom. The molecular weight excluding hydrogens is 252 g/mol. The second kappa shape index (κ2) is 5.63. The van der Waals surface area contributed by atoms with Gasteiger partial charge in [-0.2, -0.15) is 0 Å². The molecule has 1 aromatic heterocycles. The number of ether oxygens (including phenoxy) is 1. The fourth-order valence-electron chi connectivity index (χ4n) is 1.96. The molecule has 3 rings (SSSR count). The first-order chi connectivity index (χ1) is 9.85. The van der Waals surface area contributed by atoms with Crippen LogP contribution in [-0.2, 0) is 0 Å². The predicted octanol–water partition coefficient (Wildman–Crippen LogP) is 2.64. The molecule has 102 valence electrons. The third kappa shape index (κ3) is 2.73. The van der Waals surface area contributed by atoms with Crippen molar-refractivity contribution >= 4 is 22.7 Å². The van der Waals surface area contributed by atoms with Crippen LogP contribution in [0.5, 0.6) is 5.75 Å². The second-order valence-electron chi connectivity index (χ2n) is 4.39. The van der Waals surface area contributed by atoms with E-state index in [9.17, 15) is 0 Å². The molecule has 20 heavy (non-hydrogen) atoms. The van der Waals surface area contributed by atoms with E-state index in [-0.39, 0.29) is 0 Å². The molecule has 0 unspecified atom stereocenters. The molecule has 0 aliphatic rings. The van der Waals surface area contributed by atoms with Crippen molar-refractivity contribution in [3.63, 3.8) is 0 Å². The SMILES string of the molecule is NCCOc1ccc(Nc2nc3ccccc3[nH]2)cc1. The van der Waals surface area contributed by atoms with Crippen LogP contribution in [0.4, 0.5) is 11.6 Å². The Morgan fingerprint density at radius 1 is 1.10 bits per heavy atom. The lowest BCUT2D eigenvalue weighted by Gasteiger charge is -2.06. The summed E-state index contributed by atoms with van der Waals surface area (Å²) in [5.41, 5.74) is 8.30. The van der Waals surface area contributed by atoms with E-state index in [0.717, 1.165) is 28.4 Å². The minimum Gasteiger partial charge on any atom is -0.492 e. The number of nitrogens with one attached hydrogen (secondary N) is 2. The lowest BCUT2D eigenvalue weighted by Crippen LogP contribution is -2.10. The zero-order chi connectivity index (χ0) is 13.8. The molecule has 0 fully saturated rings. The summed E-state index contributed by atoms with van der Waals surface area (Å²) < 4.78 is 5.43. The average molecular weight is 268 g/mol. The molecule has 0 spiro atoms. The quantitative estimate of drug-likeness (QED) is 0.665. The van der Waals surface area contributed by atoms with Crippen LogP contribution in [0.3, 0.4) is 0 Å². The van der Waals surface area contributed by atoms with Crippen LogP contribution in [-0.4, -0.2) is 23.1 Å². The summed E-state index contributed by atoms with van der Waals surface area (Å²) in [5, 5.41) is 3.23. The number of para-hydroxylation sites is 2. The van der Waals surface area contributed by atoms with Gasteiger partial charge in [-0.05, 0) is 36.4 Å². The number of hydrogen-bond donors (Lipinski definition) is 3. The number of imidazole rings is 1. The zero-order valence-corrected chi connectivity index (χ0v) is 11.0. The molecular formula is C15H16N4O. The summed E-state index contributed by atoms with van der Waals surface area (Å²) in [4.78, 5) is 7.69. The highest BCUT2D eigenvalue weighted by Gasteiger charge is 2.02. The van der Waals surface area contributed by atoms with Gasteiger partial charge in [0.25, 0.3) is 0 Å². The second-order valence-corrected chi connectivity index (χ2v) is 4.39. The largest absolute Gasteiger partial charge is 0.492 e. The molecule has 5 heteroatoms. The Balaban J connectivity index is 1.73. The third-order valence-corrected chi connectivity index (χ3v) is 2.89. The van der Waals surface area contributed by atoms with E-state index in [0.29, 0.717) is 13.2 Å². The highest BCUT2D eigenvalue weighted by atomic mass is 16.5. The summed E-state index contributed by atoms with van der Waals surface area (Å²) in [6.45, 7) is 1.04. The van der Waals surface area contributed by atoms with Crippen molar-refractivity contribution in [3.8, 4) is 5.75 Å². The average Bonchev–Trinajstić information content (AvgIpc) is 2.89. The van der Waals surface area contributed by atoms with Crippen molar-refractivity contribution in [1.82, 2.24) is 9.97 Å². The number of nitrogens with zero attached hydrogens (tertiary/aromatic N) is 1. The van der Waals surface area contributed by atoms with E-state index in [1.165, 1.54) is 0 Å². The van der Waals surface area contributed by atoms with E-state index in [2.05, 4.69) is 15.3 Å². The fraction of sp³-hybridized carbons (Fsp3) is 0.133. The Bertz CT molecular complexity index is 657. The number of anilines is 2. The molecule has 0 saturated carbocycles. The van der Waals surface area contributed by atoms with Crippen LogP contribution in [0.2, 0.25) is 0 Å². The summed E-state index contributed by atoms with van der Waals surface area (Å²) >= 11 is 0. The summed E-state index contributed by atoms with van der Waals surface area (Å²) in [6, 6.07) is 15.6. The van der Waals surface area contributed by atoms with Gasteiger partial charge < -0.3 is 20.8 Å². The first-order valence-electron chi connectivity index (χ1n) is 6.50. The number of hydrogen-bond acceptors (Lipinski definition) is 4. The first-order valence-corrected chi connectivity index (χ1v) is 6.50. The van der Waals surface area contributed by atoms with Gasteiger partial charge in [0.2, 0.25) is 5.95 Å². The predicted molar refractivity (Wildman–Crippen MR) is 80.4 cm³/mol. The minimum absolute atomic E-state index is 0.513. The Morgan fingerprint density at radius 2 is 1.90 bits per heavy atom. The van der Waals surface area contributed by atoms with E-state index in [4.69, 9.17) is 10.5 Å². The maximum Gasteiger partial charge on any atom is 0.205 e. The number of H-pyrrole nitrogens is 1. The van der Waals surface area contributed by atoms with Gasteiger partial charge in [0.15, 0.2) is 0 Å². The Labute approximate surface area is 116 Å². The molecule has 0 radical (unpaired) electrons. The minimum atomic E-state index is 0.513. The summed E-state index contributed by atoms with van der Waals surface area (Å²) in [5.74, 6) is 1.53. The number of aromatic nitrogens is 2. The lowest BCUT2D eigenvalue weighted by atomic mass is 10.3. The van der Waals surface area contributed by atoms with Crippen LogP contribution in [0.25, 0.3) is 11.0 Å². The summed E-state index contributed by atoms with van der Waals surface area (Å²) in [6.07, 6.45) is 0. The molecule has 0 atom stereocenters. The first kappa shape index (κ1) is 12.5. The number of rotatable bonds is 5. The van der Waals surface area contributed by atoms with Gasteiger partial charge in [-0.1, -0.05) is 12.1 Å². The molecule has 3 aromatic rings. The maximum atomic E-state index is 5.43. The van der Waals surface area contributed by atoms with Gasteiger partial charge in [-0.15, -0.1) is 0 Å². The van der Waals surface area contributed by atoms with Crippen molar-refractivity contribution in [2.75, 3.05) is 18.5 Å². The van der Waals surface area contributed by atoms with Crippen molar-refractivity contribution in [2.45, 2.75) is 0 Å². The maximum absolute atomic E-state index is 5.43. The highest BCUT2D eigenvalue weighted by Crippen LogP contribution is 2.20. The lowest BCUT2D eigenvalue weighted by molar-refractivity contribution is 0.328. The standard InChI is InChI=1S/C15H16N4O/c16-9-10-20-12-7-5-11(6-8-12)17-15-18-13-3-1-2-4-14(13)19-15/h1-8H,9-10,16H2,(H2,17,18,19). The van der Waals surface area contributed by atoms with Gasteiger partial charge >= 0.3 is 0 Å². The van der Waals surface area contributed by atoms with Crippen molar-refractivity contribution in [3.05, 3.63) is 48.5 Å². The topological polar surface area (TPSA) is 76.0 Å². The number of benzene rings is 2. The number of nitrogens with two attached hydrogens (primary N) is 1. The summed E-state index contributed by atoms with van der Waals surface area (Å²) in [7, 11) is 0. The van der Waals surface area contributed by atoms with Crippen molar-refractivity contribution in [1.29, 1.82) is 0 Å². The van der Waals surface area contributed by atoms with E-state index >= 15 is 0 Å². The molecule has 4 N–H and O–H groups in total. The fourth-order valence-corrected chi connectivity index (χ4v) is 1.96. The van der Waals surface area contributed by atoms with E-state index in [1.54, 1.807) is 0 Å². The van der Waals surface area contributed by atoms with Crippen LogP contribution >= 0.6 is 0 Å². The van der Waals surface area contributed by atoms with Gasteiger partial charge in [-0.25, -0.2) is 4.98 Å². The molecule has 0 aliphatic carbocycles. The van der Waals surface area contributed by atoms with E-state index < -0.39 is 0 Å². The van der Waals surface area contributed by atoms with Crippen molar-refractivity contribution < 1.29 is 4.74 Å². The van der Waals surface area contributed by atoms with Gasteiger partial charge in [-0.3, -0.25) is 0 Å². The zero-order valence-electron chi connectivity index (χ0n) is 11.0. The van der Waals surface area contributed by atoms with Gasteiger partial charge in [0, 0.05) is 12.2 Å². The van der Waals surface area contributed by atoms with Gasteiger partial charge in [0.1, 0.15) is 12.4 Å². The molecule has 2 aromatic carbocycles. The Hall–Kier alpha value is -2.53. The van der Waals surface area contributed by atoms with Crippen LogP contribution in [0, 0.1) is 0 Å². The van der Waals surface area contributed by atoms with Gasteiger partial charge in [0.05, 0.1) is 11.0 Å². The molecule has 0 amide bonds. The van der Waals surface area contributed by atoms with Crippen molar-refractivity contribution in [2.24, 2.45) is 5.73 Å². The Kier molecular flexibility index (Phi) is 3.52. The smallest absolute Gasteiger partial charge is 0.205 e. The number of fused-ring (bicyclic) bond motifs is 1. The van der Waals surface area contributed by atoms with Crippen LogP contribution in [0.1, 0.15) is 0 Å². The monoisotopic (exact) mass is 268 g/mol.